The van der Waals surface area contributed by atoms with E-state index in [-0.39, 0.29) is 0 Å². The van der Waals surface area contributed by atoms with E-state index in [0.717, 1.165) is 22.2 Å². The molecule has 0 atom stereocenters. The third kappa shape index (κ3) is 3.23. The summed E-state index contributed by atoms with van der Waals surface area (Å²) in [6.45, 7) is 0.625. The third-order valence-corrected chi connectivity index (χ3v) is 3.66. The van der Waals surface area contributed by atoms with Crippen molar-refractivity contribution in [2.24, 2.45) is 0 Å². The third-order valence-electron chi connectivity index (χ3n) is 2.62. The highest BCUT2D eigenvalue weighted by molar-refractivity contribution is 7.99. The quantitative estimate of drug-likeness (QED) is 0.575. The zero-order valence-electron chi connectivity index (χ0n) is 10.5. The van der Waals surface area contributed by atoms with Gasteiger partial charge in [0.15, 0.2) is 10.8 Å². The van der Waals surface area contributed by atoms with Crippen LogP contribution in [0.4, 0.5) is 0 Å². The molecule has 0 saturated heterocycles. The van der Waals surface area contributed by atoms with Gasteiger partial charge >= 0.3 is 0 Å². The minimum atomic E-state index is 0.602. The molecule has 0 fully saturated rings. The number of thioether (sulfide) groups is 1. The topological polar surface area (TPSA) is 50.8 Å². The number of rotatable bonds is 5. The number of para-hydroxylation sites is 1. The first-order chi connectivity index (χ1) is 9.81. The number of H-pyrrole nitrogens is 1. The largest absolute Gasteiger partial charge is 0.493 e. The molecule has 0 aliphatic heterocycles. The maximum Gasteiger partial charge on any atom is 0.178 e. The number of nitrogens with zero attached hydrogens (tertiary/aromatic N) is 2. The molecule has 4 nitrogen and oxygen atoms in total. The van der Waals surface area contributed by atoms with Crippen LogP contribution in [0.15, 0.2) is 47.8 Å². The van der Waals surface area contributed by atoms with Gasteiger partial charge in [0.05, 0.1) is 17.1 Å². The SMILES string of the molecule is Clc1cnc2nc(SCCOc3ccccc3)[nH]c2c1. The molecule has 0 bridgehead atoms. The summed E-state index contributed by atoms with van der Waals surface area (Å²) < 4.78 is 5.62. The van der Waals surface area contributed by atoms with Crippen LogP contribution in [-0.2, 0) is 0 Å². The molecule has 20 heavy (non-hydrogen) atoms. The van der Waals surface area contributed by atoms with Gasteiger partial charge in [-0.25, -0.2) is 9.97 Å². The van der Waals surface area contributed by atoms with Crippen LogP contribution in [0, 0.1) is 0 Å². The van der Waals surface area contributed by atoms with Gasteiger partial charge in [0.1, 0.15) is 5.75 Å². The van der Waals surface area contributed by atoms with Gasteiger partial charge in [-0.3, -0.25) is 0 Å². The second-order valence-corrected chi connectivity index (χ2v) is 5.60. The van der Waals surface area contributed by atoms with Crippen molar-refractivity contribution < 1.29 is 4.74 Å². The van der Waals surface area contributed by atoms with E-state index in [2.05, 4.69) is 15.0 Å². The standard InChI is InChI=1S/C14H12ClN3OS/c15-10-8-12-13(16-9-10)18-14(17-12)20-7-6-19-11-4-2-1-3-5-11/h1-5,8-9H,6-7H2,(H,16,17,18). The van der Waals surface area contributed by atoms with Gasteiger partial charge in [0, 0.05) is 11.9 Å². The molecular weight excluding hydrogens is 294 g/mol. The molecular formula is C14H12ClN3OS. The Labute approximate surface area is 125 Å². The van der Waals surface area contributed by atoms with E-state index in [9.17, 15) is 0 Å². The molecule has 0 saturated carbocycles. The summed E-state index contributed by atoms with van der Waals surface area (Å²) in [6, 6.07) is 11.6. The summed E-state index contributed by atoms with van der Waals surface area (Å²) in [5.74, 6) is 1.69. The fourth-order valence-corrected chi connectivity index (χ4v) is 2.59. The fourth-order valence-electron chi connectivity index (χ4n) is 1.74. The predicted octanol–water partition coefficient (Wildman–Crippen LogP) is 3.78. The van der Waals surface area contributed by atoms with Crippen molar-refractivity contribution in [3.63, 3.8) is 0 Å². The Morgan fingerprint density at radius 2 is 2.10 bits per heavy atom. The highest BCUT2D eigenvalue weighted by atomic mass is 35.5. The lowest BCUT2D eigenvalue weighted by molar-refractivity contribution is 0.344. The minimum absolute atomic E-state index is 0.602. The van der Waals surface area contributed by atoms with Crippen LogP contribution in [-0.4, -0.2) is 27.3 Å². The minimum Gasteiger partial charge on any atom is -0.493 e. The highest BCUT2D eigenvalue weighted by Crippen LogP contribution is 2.20. The molecule has 0 amide bonds. The van der Waals surface area contributed by atoms with Gasteiger partial charge in [-0.1, -0.05) is 41.6 Å². The molecule has 102 valence electrons. The number of hydrogen-bond acceptors (Lipinski definition) is 4. The Morgan fingerprint density at radius 3 is 2.95 bits per heavy atom. The first-order valence-electron chi connectivity index (χ1n) is 6.13. The first-order valence-corrected chi connectivity index (χ1v) is 7.49. The van der Waals surface area contributed by atoms with E-state index in [1.54, 1.807) is 18.0 Å². The molecule has 1 N–H and O–H groups in total. The average molecular weight is 306 g/mol. The second-order valence-electron chi connectivity index (χ2n) is 4.08. The molecule has 3 rings (SSSR count). The smallest absolute Gasteiger partial charge is 0.178 e. The maximum absolute atomic E-state index is 5.89. The molecule has 0 aliphatic rings. The van der Waals surface area contributed by atoms with Crippen molar-refractivity contribution >= 4 is 34.5 Å². The molecule has 0 spiro atoms. The summed E-state index contributed by atoms with van der Waals surface area (Å²) >= 11 is 7.48. The monoisotopic (exact) mass is 305 g/mol. The summed E-state index contributed by atoms with van der Waals surface area (Å²) in [7, 11) is 0. The lowest BCUT2D eigenvalue weighted by atomic mass is 10.3. The van der Waals surface area contributed by atoms with Crippen molar-refractivity contribution in [1.29, 1.82) is 0 Å². The summed E-state index contributed by atoms with van der Waals surface area (Å²) in [5, 5.41) is 1.43. The molecule has 2 heterocycles. The molecule has 0 aliphatic carbocycles. The number of benzene rings is 1. The number of pyridine rings is 1. The van der Waals surface area contributed by atoms with E-state index in [0.29, 0.717) is 17.3 Å². The lowest BCUT2D eigenvalue weighted by Crippen LogP contribution is -1.99. The molecule has 0 radical (unpaired) electrons. The number of fused-ring (bicyclic) bond motifs is 1. The average Bonchev–Trinajstić information content (AvgIpc) is 2.86. The zero-order valence-corrected chi connectivity index (χ0v) is 12.1. The van der Waals surface area contributed by atoms with Gasteiger partial charge in [0.2, 0.25) is 0 Å². The van der Waals surface area contributed by atoms with Crippen LogP contribution in [0.2, 0.25) is 5.02 Å². The van der Waals surface area contributed by atoms with E-state index >= 15 is 0 Å². The summed E-state index contributed by atoms with van der Waals surface area (Å²) in [4.78, 5) is 11.7. The van der Waals surface area contributed by atoms with E-state index in [1.165, 1.54) is 0 Å². The maximum atomic E-state index is 5.89. The Hall–Kier alpha value is -1.72. The number of halogens is 1. The van der Waals surface area contributed by atoms with E-state index in [4.69, 9.17) is 16.3 Å². The van der Waals surface area contributed by atoms with Gasteiger partial charge in [-0.05, 0) is 18.2 Å². The number of imidazole rings is 1. The Bertz CT molecular complexity index is 702. The number of aromatic nitrogens is 3. The van der Waals surface area contributed by atoms with E-state index < -0.39 is 0 Å². The van der Waals surface area contributed by atoms with Crippen LogP contribution < -0.4 is 4.74 Å². The van der Waals surface area contributed by atoms with Gasteiger partial charge < -0.3 is 9.72 Å². The van der Waals surface area contributed by atoms with Crippen LogP contribution in [0.3, 0.4) is 0 Å². The number of hydrogen-bond donors (Lipinski definition) is 1. The van der Waals surface area contributed by atoms with Crippen molar-refractivity contribution in [2.45, 2.75) is 5.16 Å². The second kappa shape index (κ2) is 6.15. The molecule has 3 aromatic rings. The number of aromatic amines is 1. The Balaban J connectivity index is 1.55. The van der Waals surface area contributed by atoms with Gasteiger partial charge in [-0.2, -0.15) is 0 Å². The van der Waals surface area contributed by atoms with Crippen LogP contribution in [0.25, 0.3) is 11.2 Å². The highest BCUT2D eigenvalue weighted by Gasteiger charge is 2.05. The van der Waals surface area contributed by atoms with Crippen LogP contribution in [0.5, 0.6) is 5.75 Å². The fraction of sp³-hybridized carbons (Fsp3) is 0.143. The van der Waals surface area contributed by atoms with Crippen molar-refractivity contribution in [2.75, 3.05) is 12.4 Å². The Kier molecular flexibility index (Phi) is 4.08. The molecule has 0 unspecified atom stereocenters. The summed E-state index contributed by atoms with van der Waals surface area (Å²) in [5.41, 5.74) is 1.53. The molecule has 6 heteroatoms. The van der Waals surface area contributed by atoms with Crippen molar-refractivity contribution in [1.82, 2.24) is 15.0 Å². The van der Waals surface area contributed by atoms with E-state index in [1.807, 2.05) is 36.4 Å². The van der Waals surface area contributed by atoms with Gasteiger partial charge in [-0.15, -0.1) is 0 Å². The normalized spacial score (nSPS) is 10.8. The first kappa shape index (κ1) is 13.3. The lowest BCUT2D eigenvalue weighted by Gasteiger charge is -2.04. The number of ether oxygens (including phenoxy) is 1. The van der Waals surface area contributed by atoms with Crippen molar-refractivity contribution in [3.8, 4) is 5.75 Å². The van der Waals surface area contributed by atoms with Crippen molar-refractivity contribution in [3.05, 3.63) is 47.6 Å². The summed E-state index contributed by atoms with van der Waals surface area (Å²) in [6.07, 6.45) is 1.59. The van der Waals surface area contributed by atoms with Crippen LogP contribution >= 0.6 is 23.4 Å². The Morgan fingerprint density at radius 1 is 1.25 bits per heavy atom. The van der Waals surface area contributed by atoms with Crippen LogP contribution in [0.1, 0.15) is 0 Å². The van der Waals surface area contributed by atoms with Gasteiger partial charge in [0.25, 0.3) is 0 Å². The number of nitrogens with one attached hydrogen (secondary N) is 1. The molecule has 1 aromatic carbocycles. The predicted molar refractivity (Wildman–Crippen MR) is 81.6 cm³/mol. The molecule has 2 aromatic heterocycles. The zero-order chi connectivity index (χ0) is 13.8.